The van der Waals surface area contributed by atoms with Gasteiger partial charge in [-0.1, -0.05) is 46.5 Å². The number of nitrogens with zero attached hydrogens (tertiary/aromatic N) is 1. The Bertz CT molecular complexity index is 197. The van der Waals surface area contributed by atoms with Crippen LogP contribution < -0.4 is 17.0 Å². The summed E-state index contributed by atoms with van der Waals surface area (Å²) in [4.78, 5) is 0. The molecular formula is C20H43BrClN. The van der Waals surface area contributed by atoms with Gasteiger partial charge in [0, 0.05) is 5.88 Å². The van der Waals surface area contributed by atoms with Crippen LogP contribution in [0.1, 0.15) is 97.8 Å². The van der Waals surface area contributed by atoms with E-state index in [4.69, 9.17) is 11.6 Å². The average molecular weight is 413 g/mol. The van der Waals surface area contributed by atoms with Crippen LogP contribution in [0.4, 0.5) is 0 Å². The zero-order chi connectivity index (χ0) is 16.5. The number of quaternary nitrogens is 1. The molecule has 142 valence electrons. The maximum Gasteiger partial charge on any atom is 0.0787 e. The molecule has 0 saturated heterocycles. The number of hydrogen-bond acceptors (Lipinski definition) is 0. The molecule has 0 aromatic rings. The summed E-state index contributed by atoms with van der Waals surface area (Å²) < 4.78 is 1.39. The molecule has 0 aromatic heterocycles. The van der Waals surface area contributed by atoms with Crippen molar-refractivity contribution < 1.29 is 21.5 Å². The molecular weight excluding hydrogens is 370 g/mol. The molecule has 0 saturated carbocycles. The molecule has 23 heavy (non-hydrogen) atoms. The molecule has 1 nitrogen and oxygen atoms in total. The maximum atomic E-state index is 5.92. The van der Waals surface area contributed by atoms with Crippen LogP contribution in [-0.4, -0.2) is 36.5 Å². The summed E-state index contributed by atoms with van der Waals surface area (Å²) in [6.45, 7) is 12.5. The van der Waals surface area contributed by atoms with Gasteiger partial charge in [-0.2, -0.15) is 0 Å². The van der Waals surface area contributed by atoms with Gasteiger partial charge in [0.1, 0.15) is 0 Å². The highest BCUT2D eigenvalue weighted by molar-refractivity contribution is 6.17. The fourth-order valence-corrected chi connectivity index (χ4v) is 3.67. The minimum atomic E-state index is 0. The Hall–Kier alpha value is 0.730. The van der Waals surface area contributed by atoms with Gasteiger partial charge in [-0.15, -0.1) is 11.6 Å². The first kappa shape index (κ1) is 26.0. The van der Waals surface area contributed by atoms with Crippen LogP contribution in [0.25, 0.3) is 0 Å². The van der Waals surface area contributed by atoms with E-state index < -0.39 is 0 Å². The second-order valence-electron chi connectivity index (χ2n) is 7.11. The Morgan fingerprint density at radius 2 is 0.870 bits per heavy atom. The molecule has 0 aliphatic carbocycles. The molecule has 0 unspecified atom stereocenters. The van der Waals surface area contributed by atoms with E-state index >= 15 is 0 Å². The van der Waals surface area contributed by atoms with E-state index in [0.29, 0.717) is 0 Å². The van der Waals surface area contributed by atoms with E-state index in [0.717, 1.165) is 5.88 Å². The lowest BCUT2D eigenvalue weighted by Gasteiger charge is -2.39. The largest absolute Gasteiger partial charge is 1.00 e. The average Bonchev–Trinajstić information content (AvgIpc) is 2.52. The second-order valence-corrected chi connectivity index (χ2v) is 7.48. The smallest absolute Gasteiger partial charge is 0.0787 e. The van der Waals surface area contributed by atoms with E-state index in [1.54, 1.807) is 0 Å². The number of unbranched alkanes of at least 4 members (excludes halogenated alkanes) is 8. The third kappa shape index (κ3) is 14.8. The number of alkyl halides is 1. The lowest BCUT2D eigenvalue weighted by atomic mass is 10.1. The van der Waals surface area contributed by atoms with Gasteiger partial charge in [0.25, 0.3) is 0 Å². The quantitative estimate of drug-likeness (QED) is 0.194. The lowest BCUT2D eigenvalue weighted by molar-refractivity contribution is -0.929. The van der Waals surface area contributed by atoms with Crippen LogP contribution in [0, 0.1) is 0 Å². The molecule has 0 aliphatic heterocycles. The summed E-state index contributed by atoms with van der Waals surface area (Å²) in [5.41, 5.74) is 0. The van der Waals surface area contributed by atoms with Crippen LogP contribution in [0.3, 0.4) is 0 Å². The predicted octanol–water partition coefficient (Wildman–Crippen LogP) is 3.79. The molecule has 0 N–H and O–H groups in total. The fourth-order valence-electron chi connectivity index (χ4n) is 3.48. The van der Waals surface area contributed by atoms with Gasteiger partial charge in [0.2, 0.25) is 0 Å². The molecule has 0 spiro atoms. The van der Waals surface area contributed by atoms with Crippen LogP contribution in [0.2, 0.25) is 0 Å². The summed E-state index contributed by atoms with van der Waals surface area (Å²) >= 11 is 5.92. The standard InChI is InChI=1S/C20H43ClN.BrH/c1-4-7-10-14-19-22(17-12-8-5-2,18-13-9-6-3)20-15-11-16-21;/h4-20H2,1-3H3;1H/q+1;/p-1. The topological polar surface area (TPSA) is 0 Å². The minimum absolute atomic E-state index is 0. The first-order chi connectivity index (χ1) is 10.7. The first-order valence-electron chi connectivity index (χ1n) is 10.2. The first-order valence-corrected chi connectivity index (χ1v) is 10.7. The van der Waals surface area contributed by atoms with E-state index in [1.165, 1.54) is 108 Å². The normalized spacial score (nSPS) is 11.5. The highest BCUT2D eigenvalue weighted by atomic mass is 79.9. The Labute approximate surface area is 162 Å². The van der Waals surface area contributed by atoms with Crippen LogP contribution >= 0.6 is 11.6 Å². The fraction of sp³-hybridized carbons (Fsp3) is 1.00. The van der Waals surface area contributed by atoms with Crippen molar-refractivity contribution in [2.24, 2.45) is 0 Å². The van der Waals surface area contributed by atoms with Crippen molar-refractivity contribution in [3.05, 3.63) is 0 Å². The Kier molecular flexibility index (Phi) is 21.5. The van der Waals surface area contributed by atoms with E-state index in [-0.39, 0.29) is 17.0 Å². The molecule has 0 bridgehead atoms. The second kappa shape index (κ2) is 19.1. The maximum absolute atomic E-state index is 5.92. The Balaban J connectivity index is 0. The van der Waals surface area contributed by atoms with Crippen molar-refractivity contribution in [3.63, 3.8) is 0 Å². The zero-order valence-electron chi connectivity index (χ0n) is 16.2. The lowest BCUT2D eigenvalue weighted by Crippen LogP contribution is -3.00. The Morgan fingerprint density at radius 1 is 0.522 bits per heavy atom. The third-order valence-electron chi connectivity index (χ3n) is 4.97. The van der Waals surface area contributed by atoms with Crippen LogP contribution in [0.5, 0.6) is 0 Å². The van der Waals surface area contributed by atoms with E-state index in [1.807, 2.05) is 0 Å². The molecule has 0 aromatic carbocycles. The third-order valence-corrected chi connectivity index (χ3v) is 5.24. The van der Waals surface area contributed by atoms with Gasteiger partial charge in [-0.3, -0.25) is 0 Å². The van der Waals surface area contributed by atoms with E-state index in [2.05, 4.69) is 20.8 Å². The van der Waals surface area contributed by atoms with Gasteiger partial charge in [0.15, 0.2) is 0 Å². The van der Waals surface area contributed by atoms with Crippen molar-refractivity contribution >= 4 is 11.6 Å². The monoisotopic (exact) mass is 411 g/mol. The van der Waals surface area contributed by atoms with Crippen molar-refractivity contribution in [1.29, 1.82) is 0 Å². The van der Waals surface area contributed by atoms with Crippen molar-refractivity contribution in [2.45, 2.75) is 97.8 Å². The van der Waals surface area contributed by atoms with Gasteiger partial charge >= 0.3 is 0 Å². The number of hydrogen-bond donors (Lipinski definition) is 0. The molecule has 0 amide bonds. The predicted molar refractivity (Wildman–Crippen MR) is 103 cm³/mol. The Morgan fingerprint density at radius 3 is 1.26 bits per heavy atom. The molecule has 0 aliphatic rings. The minimum Gasteiger partial charge on any atom is -1.00 e. The summed E-state index contributed by atoms with van der Waals surface area (Å²) in [6, 6.07) is 0. The van der Waals surface area contributed by atoms with Crippen molar-refractivity contribution in [1.82, 2.24) is 0 Å². The van der Waals surface area contributed by atoms with Crippen molar-refractivity contribution in [3.8, 4) is 0 Å². The van der Waals surface area contributed by atoms with Crippen LogP contribution in [-0.2, 0) is 0 Å². The van der Waals surface area contributed by atoms with Crippen molar-refractivity contribution in [2.75, 3.05) is 32.1 Å². The molecule has 0 radical (unpaired) electrons. The van der Waals surface area contributed by atoms with E-state index in [9.17, 15) is 0 Å². The summed E-state index contributed by atoms with van der Waals surface area (Å²) in [6.07, 6.45) is 16.4. The number of rotatable bonds is 17. The molecule has 0 heterocycles. The summed E-state index contributed by atoms with van der Waals surface area (Å²) in [5, 5.41) is 0. The van der Waals surface area contributed by atoms with Crippen LogP contribution in [0.15, 0.2) is 0 Å². The van der Waals surface area contributed by atoms with Gasteiger partial charge in [0.05, 0.1) is 26.2 Å². The molecule has 0 rings (SSSR count). The number of halogens is 2. The molecule has 0 fully saturated rings. The highest BCUT2D eigenvalue weighted by Gasteiger charge is 2.25. The summed E-state index contributed by atoms with van der Waals surface area (Å²) in [7, 11) is 0. The summed E-state index contributed by atoms with van der Waals surface area (Å²) in [5.74, 6) is 0.833. The molecule has 0 atom stereocenters. The highest BCUT2D eigenvalue weighted by Crippen LogP contribution is 2.18. The van der Waals surface area contributed by atoms with Gasteiger partial charge in [-0.25, -0.2) is 0 Å². The van der Waals surface area contributed by atoms with Gasteiger partial charge < -0.3 is 21.5 Å². The SMILES string of the molecule is CCCCCC[N+](CCCCC)(CCCCC)CCCCCl.[Br-]. The van der Waals surface area contributed by atoms with Gasteiger partial charge in [-0.05, 0) is 51.4 Å². The zero-order valence-corrected chi connectivity index (χ0v) is 18.6. The molecule has 3 heteroatoms.